The minimum absolute atomic E-state index is 0.663. The zero-order valence-corrected chi connectivity index (χ0v) is 12.1. The Morgan fingerprint density at radius 2 is 1.77 bits per heavy atom. The maximum atomic E-state index is 4.47. The van der Waals surface area contributed by atoms with E-state index < -0.39 is 0 Å². The first-order chi connectivity index (χ1) is 10.8. The third-order valence-electron chi connectivity index (χ3n) is 3.65. The highest BCUT2D eigenvalue weighted by Gasteiger charge is 2.10. The van der Waals surface area contributed by atoms with Crippen LogP contribution in [-0.4, -0.2) is 25.3 Å². The fraction of sp³-hybridized carbons (Fsp3) is 0.125. The molecule has 0 aliphatic carbocycles. The maximum Gasteiger partial charge on any atom is 0.207 e. The van der Waals surface area contributed by atoms with E-state index in [0.29, 0.717) is 12.2 Å². The number of benzene rings is 2. The summed E-state index contributed by atoms with van der Waals surface area (Å²) in [6.07, 6.45) is 0. The van der Waals surface area contributed by atoms with Gasteiger partial charge in [-0.25, -0.2) is 0 Å². The second kappa shape index (κ2) is 5.07. The van der Waals surface area contributed by atoms with Gasteiger partial charge in [-0.2, -0.15) is 0 Å². The lowest BCUT2D eigenvalue weighted by Gasteiger charge is -2.09. The molecule has 2 heterocycles. The van der Waals surface area contributed by atoms with Crippen molar-refractivity contribution in [2.24, 2.45) is 0 Å². The molecule has 108 valence electrons. The van der Waals surface area contributed by atoms with E-state index in [1.165, 1.54) is 15.8 Å². The predicted octanol–water partition coefficient (Wildman–Crippen LogP) is 2.59. The van der Waals surface area contributed by atoms with Crippen LogP contribution >= 0.6 is 0 Å². The minimum atomic E-state index is 0.663. The van der Waals surface area contributed by atoms with Crippen molar-refractivity contribution in [3.63, 3.8) is 0 Å². The zero-order valence-electron chi connectivity index (χ0n) is 12.1. The SMILES string of the molecule is Cc1ccc(CNc2nn3nnnc3c3ccccc23)cc1. The molecule has 1 N–H and O–H groups in total. The van der Waals surface area contributed by atoms with Crippen LogP contribution in [0.2, 0.25) is 0 Å². The molecule has 0 bridgehead atoms. The van der Waals surface area contributed by atoms with Crippen LogP contribution in [0, 0.1) is 6.92 Å². The number of nitrogens with zero attached hydrogens (tertiary/aromatic N) is 5. The van der Waals surface area contributed by atoms with Crippen LogP contribution in [0.4, 0.5) is 5.82 Å². The molecule has 0 aliphatic heterocycles. The fourth-order valence-corrected chi connectivity index (χ4v) is 2.47. The van der Waals surface area contributed by atoms with Gasteiger partial charge in [0.1, 0.15) is 0 Å². The van der Waals surface area contributed by atoms with Crippen molar-refractivity contribution in [2.75, 3.05) is 5.32 Å². The predicted molar refractivity (Wildman–Crippen MR) is 84.6 cm³/mol. The summed E-state index contributed by atoms with van der Waals surface area (Å²) in [5.74, 6) is 0.774. The molecular formula is C16H14N6. The van der Waals surface area contributed by atoms with E-state index in [2.05, 4.69) is 57.1 Å². The Labute approximate surface area is 126 Å². The van der Waals surface area contributed by atoms with E-state index in [1.807, 2.05) is 24.3 Å². The molecule has 6 heteroatoms. The summed E-state index contributed by atoms with van der Waals surface area (Å²) in [5, 5.41) is 21.5. The topological polar surface area (TPSA) is 68.0 Å². The monoisotopic (exact) mass is 290 g/mol. The number of nitrogens with one attached hydrogen (secondary N) is 1. The molecule has 4 rings (SSSR count). The summed E-state index contributed by atoms with van der Waals surface area (Å²) in [4.78, 5) is 0. The smallest absolute Gasteiger partial charge is 0.207 e. The highest BCUT2D eigenvalue weighted by atomic mass is 15.6. The Kier molecular flexibility index (Phi) is 2.93. The molecule has 0 fully saturated rings. The zero-order chi connectivity index (χ0) is 14.9. The van der Waals surface area contributed by atoms with E-state index in [4.69, 9.17) is 0 Å². The standard InChI is InChI=1S/C16H14N6/c1-11-6-8-12(9-7-11)10-17-15-13-4-2-3-5-14(13)16-18-20-21-22(16)19-15/h2-9H,10H2,1H3,(H,17,19). The van der Waals surface area contributed by atoms with E-state index >= 15 is 0 Å². The highest BCUT2D eigenvalue weighted by Crippen LogP contribution is 2.23. The van der Waals surface area contributed by atoms with Crippen molar-refractivity contribution in [3.8, 4) is 0 Å². The summed E-state index contributed by atoms with van der Waals surface area (Å²) in [7, 11) is 0. The quantitative estimate of drug-likeness (QED) is 0.628. The highest BCUT2D eigenvalue weighted by molar-refractivity contribution is 5.99. The number of rotatable bonds is 3. The van der Waals surface area contributed by atoms with Gasteiger partial charge < -0.3 is 5.32 Å². The normalized spacial score (nSPS) is 11.1. The van der Waals surface area contributed by atoms with Crippen molar-refractivity contribution in [3.05, 3.63) is 59.7 Å². The number of aromatic nitrogens is 5. The second-order valence-corrected chi connectivity index (χ2v) is 5.23. The van der Waals surface area contributed by atoms with Crippen molar-refractivity contribution in [1.29, 1.82) is 0 Å². The van der Waals surface area contributed by atoms with Crippen LogP contribution in [0.1, 0.15) is 11.1 Å². The minimum Gasteiger partial charge on any atom is -0.364 e. The summed E-state index contributed by atoms with van der Waals surface area (Å²) in [6, 6.07) is 16.4. The van der Waals surface area contributed by atoms with Gasteiger partial charge in [0.25, 0.3) is 0 Å². The van der Waals surface area contributed by atoms with Crippen LogP contribution < -0.4 is 5.32 Å². The molecule has 2 aromatic heterocycles. The van der Waals surface area contributed by atoms with Crippen LogP contribution in [0.3, 0.4) is 0 Å². The molecule has 6 nitrogen and oxygen atoms in total. The van der Waals surface area contributed by atoms with E-state index in [1.54, 1.807) is 0 Å². The Morgan fingerprint density at radius 3 is 2.59 bits per heavy atom. The number of aryl methyl sites for hydroxylation is 1. The van der Waals surface area contributed by atoms with Crippen LogP contribution in [0.15, 0.2) is 48.5 Å². The van der Waals surface area contributed by atoms with Gasteiger partial charge in [-0.1, -0.05) is 54.1 Å². The second-order valence-electron chi connectivity index (χ2n) is 5.23. The Morgan fingerprint density at radius 1 is 1.00 bits per heavy atom. The summed E-state index contributed by atoms with van der Waals surface area (Å²) in [6.45, 7) is 2.78. The molecule has 22 heavy (non-hydrogen) atoms. The first kappa shape index (κ1) is 12.7. The van der Waals surface area contributed by atoms with Gasteiger partial charge in [0.2, 0.25) is 5.65 Å². The largest absolute Gasteiger partial charge is 0.364 e. The van der Waals surface area contributed by atoms with Gasteiger partial charge in [0.05, 0.1) is 0 Å². The Hall–Kier alpha value is -3.02. The van der Waals surface area contributed by atoms with Gasteiger partial charge in [0, 0.05) is 17.3 Å². The van der Waals surface area contributed by atoms with Crippen molar-refractivity contribution >= 4 is 22.2 Å². The molecule has 2 aromatic carbocycles. The number of hydrogen-bond donors (Lipinski definition) is 1. The fourth-order valence-electron chi connectivity index (χ4n) is 2.47. The molecular weight excluding hydrogens is 276 g/mol. The van der Waals surface area contributed by atoms with Gasteiger partial charge in [-0.15, -0.1) is 14.8 Å². The number of fused-ring (bicyclic) bond motifs is 3. The number of tetrazole rings is 1. The van der Waals surface area contributed by atoms with Crippen LogP contribution in [-0.2, 0) is 6.54 Å². The average molecular weight is 290 g/mol. The van der Waals surface area contributed by atoms with Crippen molar-refractivity contribution in [1.82, 2.24) is 25.3 Å². The lowest BCUT2D eigenvalue weighted by atomic mass is 10.1. The summed E-state index contributed by atoms with van der Waals surface area (Å²) in [5.41, 5.74) is 3.12. The van der Waals surface area contributed by atoms with E-state index in [0.717, 1.165) is 16.6 Å². The number of anilines is 1. The van der Waals surface area contributed by atoms with Crippen LogP contribution in [0.25, 0.3) is 16.4 Å². The third kappa shape index (κ3) is 2.14. The van der Waals surface area contributed by atoms with Gasteiger partial charge in [-0.3, -0.25) is 0 Å². The van der Waals surface area contributed by atoms with Crippen molar-refractivity contribution in [2.45, 2.75) is 13.5 Å². The maximum absolute atomic E-state index is 4.47. The van der Waals surface area contributed by atoms with Gasteiger partial charge in [0.15, 0.2) is 5.82 Å². The summed E-state index contributed by atoms with van der Waals surface area (Å²) < 4.78 is 1.46. The Balaban J connectivity index is 1.74. The summed E-state index contributed by atoms with van der Waals surface area (Å²) >= 11 is 0. The molecule has 0 saturated carbocycles. The van der Waals surface area contributed by atoms with Crippen molar-refractivity contribution < 1.29 is 0 Å². The first-order valence-corrected chi connectivity index (χ1v) is 7.08. The molecule has 0 unspecified atom stereocenters. The third-order valence-corrected chi connectivity index (χ3v) is 3.65. The lowest BCUT2D eigenvalue weighted by Crippen LogP contribution is -2.06. The van der Waals surface area contributed by atoms with E-state index in [9.17, 15) is 0 Å². The number of hydrogen-bond acceptors (Lipinski definition) is 5. The molecule has 0 aliphatic rings. The molecule has 0 spiro atoms. The molecule has 0 amide bonds. The molecule has 0 saturated heterocycles. The molecule has 0 atom stereocenters. The van der Waals surface area contributed by atoms with Gasteiger partial charge >= 0.3 is 0 Å². The first-order valence-electron chi connectivity index (χ1n) is 7.08. The average Bonchev–Trinajstić information content (AvgIpc) is 3.03. The molecule has 0 radical (unpaired) electrons. The van der Waals surface area contributed by atoms with Crippen LogP contribution in [0.5, 0.6) is 0 Å². The lowest BCUT2D eigenvalue weighted by molar-refractivity contribution is 0.737. The van der Waals surface area contributed by atoms with Gasteiger partial charge in [-0.05, 0) is 22.9 Å². The Bertz CT molecular complexity index is 942. The molecule has 4 aromatic rings. The van der Waals surface area contributed by atoms with E-state index in [-0.39, 0.29) is 0 Å².